The van der Waals surface area contributed by atoms with E-state index in [2.05, 4.69) is 5.32 Å². The minimum Gasteiger partial charge on any atom is -0.341 e. The van der Waals surface area contributed by atoms with Crippen molar-refractivity contribution in [1.29, 1.82) is 0 Å². The first-order valence-corrected chi connectivity index (χ1v) is 10.7. The molecule has 7 heteroatoms. The Morgan fingerprint density at radius 2 is 1.76 bits per heavy atom. The van der Waals surface area contributed by atoms with Crippen LogP contribution in [0.5, 0.6) is 0 Å². The Labute approximate surface area is 161 Å². The summed E-state index contributed by atoms with van der Waals surface area (Å²) in [6, 6.07) is -0.209. The van der Waals surface area contributed by atoms with Crippen molar-refractivity contribution in [2.45, 2.75) is 51.0 Å². The molecule has 1 aliphatic carbocycles. The Bertz CT molecular complexity index is 497. The summed E-state index contributed by atoms with van der Waals surface area (Å²) in [5.41, 5.74) is 0.431. The van der Waals surface area contributed by atoms with Crippen molar-refractivity contribution in [1.82, 2.24) is 15.1 Å². The maximum Gasteiger partial charge on any atom is 0.246 e. The Hall–Kier alpha value is -0.460. The van der Waals surface area contributed by atoms with Crippen molar-refractivity contribution in [3.05, 3.63) is 0 Å². The van der Waals surface area contributed by atoms with Gasteiger partial charge in [-0.3, -0.25) is 9.59 Å². The number of rotatable bonds is 2. The molecular weight excluding hydrogens is 358 g/mol. The van der Waals surface area contributed by atoms with Crippen LogP contribution < -0.4 is 5.32 Å². The third-order valence-electron chi connectivity index (χ3n) is 6.62. The third-order valence-corrected chi connectivity index (χ3v) is 7.63. The molecule has 1 spiro atoms. The molecule has 4 rings (SSSR count). The summed E-state index contributed by atoms with van der Waals surface area (Å²) in [6.45, 7) is 3.97. The second-order valence-electron chi connectivity index (χ2n) is 8.06. The third kappa shape index (κ3) is 3.81. The molecule has 5 nitrogen and oxygen atoms in total. The van der Waals surface area contributed by atoms with Crippen molar-refractivity contribution in [2.75, 3.05) is 37.8 Å². The Kier molecular flexibility index (Phi) is 6.22. The molecule has 1 saturated carbocycles. The van der Waals surface area contributed by atoms with Crippen LogP contribution >= 0.6 is 24.2 Å². The quantitative estimate of drug-likeness (QED) is 0.788. The molecule has 0 bridgehead atoms. The number of thioether (sulfide) groups is 1. The molecule has 3 heterocycles. The lowest BCUT2D eigenvalue weighted by Gasteiger charge is -2.40. The normalized spacial score (nSPS) is 29.2. The summed E-state index contributed by atoms with van der Waals surface area (Å²) in [6.07, 6.45) is 7.84. The molecule has 3 saturated heterocycles. The van der Waals surface area contributed by atoms with E-state index in [0.717, 1.165) is 70.5 Å². The number of hydrogen-bond acceptors (Lipinski definition) is 4. The van der Waals surface area contributed by atoms with E-state index >= 15 is 0 Å². The van der Waals surface area contributed by atoms with Crippen molar-refractivity contribution in [3.63, 3.8) is 0 Å². The average molecular weight is 388 g/mol. The van der Waals surface area contributed by atoms with Gasteiger partial charge in [0.2, 0.25) is 11.8 Å². The van der Waals surface area contributed by atoms with Gasteiger partial charge in [-0.15, -0.1) is 24.2 Å². The molecule has 25 heavy (non-hydrogen) atoms. The van der Waals surface area contributed by atoms with Crippen LogP contribution in [0.15, 0.2) is 0 Å². The number of amides is 2. The summed E-state index contributed by atoms with van der Waals surface area (Å²) in [4.78, 5) is 29.7. The molecule has 0 aromatic heterocycles. The van der Waals surface area contributed by atoms with Crippen LogP contribution in [-0.2, 0) is 9.59 Å². The van der Waals surface area contributed by atoms with Crippen molar-refractivity contribution in [3.8, 4) is 0 Å². The van der Waals surface area contributed by atoms with Crippen molar-refractivity contribution >= 4 is 36.0 Å². The second-order valence-corrected chi connectivity index (χ2v) is 9.06. The van der Waals surface area contributed by atoms with Crippen LogP contribution in [0.4, 0.5) is 0 Å². The van der Waals surface area contributed by atoms with Crippen LogP contribution in [0, 0.1) is 11.3 Å². The van der Waals surface area contributed by atoms with E-state index < -0.39 is 0 Å². The standard InChI is InChI=1S/C18H29N3O2S.ClH/c22-16(14-3-1-2-4-14)21-13-24-11-15(21)17(23)20-9-6-18(7-10-20)5-8-19-12-18;/h14-15,19H,1-13H2;1H. The van der Waals surface area contributed by atoms with Gasteiger partial charge in [-0.1, -0.05) is 12.8 Å². The zero-order valence-electron chi connectivity index (χ0n) is 14.9. The van der Waals surface area contributed by atoms with Gasteiger partial charge in [-0.05, 0) is 44.1 Å². The van der Waals surface area contributed by atoms with E-state index in [1.54, 1.807) is 11.8 Å². The molecule has 0 aromatic carbocycles. The number of carbonyl (C=O) groups excluding carboxylic acids is 2. The van der Waals surface area contributed by atoms with Gasteiger partial charge in [0.1, 0.15) is 6.04 Å². The minimum absolute atomic E-state index is 0. The maximum atomic E-state index is 13.0. The number of hydrogen-bond donors (Lipinski definition) is 1. The summed E-state index contributed by atoms with van der Waals surface area (Å²) < 4.78 is 0. The fourth-order valence-electron chi connectivity index (χ4n) is 4.91. The van der Waals surface area contributed by atoms with Gasteiger partial charge in [0.25, 0.3) is 0 Å². The molecule has 0 radical (unpaired) electrons. The van der Waals surface area contributed by atoms with E-state index in [0.29, 0.717) is 11.3 Å². The highest BCUT2D eigenvalue weighted by atomic mass is 35.5. The van der Waals surface area contributed by atoms with Gasteiger partial charge in [0, 0.05) is 31.3 Å². The molecule has 1 N–H and O–H groups in total. The first kappa shape index (κ1) is 19.3. The molecule has 2 amide bonds. The molecule has 1 atom stereocenters. The van der Waals surface area contributed by atoms with Crippen LogP contribution in [0.1, 0.15) is 44.9 Å². The zero-order valence-corrected chi connectivity index (χ0v) is 16.5. The van der Waals surface area contributed by atoms with Crippen LogP contribution in [0.25, 0.3) is 0 Å². The highest BCUT2D eigenvalue weighted by Crippen LogP contribution is 2.38. The fraction of sp³-hybridized carbons (Fsp3) is 0.889. The number of nitrogens with zero attached hydrogens (tertiary/aromatic N) is 2. The van der Waals surface area contributed by atoms with Crippen LogP contribution in [0.3, 0.4) is 0 Å². The smallest absolute Gasteiger partial charge is 0.246 e. The van der Waals surface area contributed by atoms with Gasteiger partial charge >= 0.3 is 0 Å². The number of carbonyl (C=O) groups is 2. The van der Waals surface area contributed by atoms with Crippen LogP contribution in [-0.4, -0.2) is 65.5 Å². The second kappa shape index (κ2) is 8.05. The molecule has 1 unspecified atom stereocenters. The summed E-state index contributed by atoms with van der Waals surface area (Å²) in [7, 11) is 0. The monoisotopic (exact) mass is 387 g/mol. The number of halogens is 1. The maximum absolute atomic E-state index is 13.0. The fourth-order valence-corrected chi connectivity index (χ4v) is 6.06. The van der Waals surface area contributed by atoms with E-state index in [4.69, 9.17) is 0 Å². The van der Waals surface area contributed by atoms with Gasteiger partial charge in [-0.2, -0.15) is 0 Å². The number of piperidine rings is 1. The number of likely N-dealkylation sites (tertiary alicyclic amines) is 1. The Morgan fingerprint density at radius 3 is 2.40 bits per heavy atom. The predicted octanol–water partition coefficient (Wildman–Crippen LogP) is 2.10. The Balaban J connectivity index is 0.00000182. The van der Waals surface area contributed by atoms with Crippen LogP contribution in [0.2, 0.25) is 0 Å². The molecule has 4 aliphatic rings. The predicted molar refractivity (Wildman–Crippen MR) is 103 cm³/mol. The molecule has 142 valence electrons. The summed E-state index contributed by atoms with van der Waals surface area (Å²) >= 11 is 1.74. The van der Waals surface area contributed by atoms with E-state index in [9.17, 15) is 9.59 Å². The van der Waals surface area contributed by atoms with Gasteiger partial charge in [0.15, 0.2) is 0 Å². The summed E-state index contributed by atoms with van der Waals surface area (Å²) in [5, 5.41) is 3.48. The number of nitrogens with one attached hydrogen (secondary N) is 1. The van der Waals surface area contributed by atoms with Crippen molar-refractivity contribution in [2.24, 2.45) is 11.3 Å². The first-order chi connectivity index (χ1) is 11.7. The largest absolute Gasteiger partial charge is 0.341 e. The zero-order chi connectivity index (χ0) is 16.6. The summed E-state index contributed by atoms with van der Waals surface area (Å²) in [5.74, 6) is 2.10. The Morgan fingerprint density at radius 1 is 1.04 bits per heavy atom. The highest BCUT2D eigenvalue weighted by Gasteiger charge is 2.43. The van der Waals surface area contributed by atoms with Gasteiger partial charge in [-0.25, -0.2) is 0 Å². The van der Waals surface area contributed by atoms with E-state index in [1.807, 2.05) is 9.80 Å². The van der Waals surface area contributed by atoms with Crippen molar-refractivity contribution < 1.29 is 9.59 Å². The van der Waals surface area contributed by atoms with Gasteiger partial charge < -0.3 is 15.1 Å². The molecule has 4 fully saturated rings. The first-order valence-electron chi connectivity index (χ1n) is 9.56. The topological polar surface area (TPSA) is 52.7 Å². The molecular formula is C18H30ClN3O2S. The lowest BCUT2D eigenvalue weighted by atomic mass is 9.78. The molecule has 0 aromatic rings. The lowest BCUT2D eigenvalue weighted by Crippen LogP contribution is -2.53. The minimum atomic E-state index is -0.209. The SMILES string of the molecule is Cl.O=C(C1CSCN1C(=O)C1CCCC1)N1CCC2(CCNC2)CC1. The van der Waals surface area contributed by atoms with E-state index in [1.165, 1.54) is 6.42 Å². The van der Waals surface area contributed by atoms with E-state index in [-0.39, 0.29) is 36.2 Å². The average Bonchev–Trinajstić information content (AvgIpc) is 3.36. The molecule has 3 aliphatic heterocycles. The highest BCUT2D eigenvalue weighted by molar-refractivity contribution is 7.99. The lowest BCUT2D eigenvalue weighted by molar-refractivity contribution is -0.146. The van der Waals surface area contributed by atoms with Gasteiger partial charge in [0.05, 0.1) is 5.88 Å².